The van der Waals surface area contributed by atoms with E-state index in [9.17, 15) is 8.78 Å². The summed E-state index contributed by atoms with van der Waals surface area (Å²) in [5.41, 5.74) is 1.84. The topological polar surface area (TPSA) is 44.0 Å². The Morgan fingerprint density at radius 3 is 2.03 bits per heavy atom. The minimum atomic E-state index is -0.525. The summed E-state index contributed by atoms with van der Waals surface area (Å²) in [7, 11) is 3.85. The van der Waals surface area contributed by atoms with E-state index in [-0.39, 0.29) is 10.9 Å². The lowest BCUT2D eigenvalue weighted by Crippen LogP contribution is -2.19. The number of nitrogens with one attached hydrogen (secondary N) is 2. The summed E-state index contributed by atoms with van der Waals surface area (Å²) in [5, 5.41) is 1.68. The first kappa shape index (κ1) is 17.9. The van der Waals surface area contributed by atoms with Gasteiger partial charge in [0.15, 0.2) is 11.6 Å². The summed E-state index contributed by atoms with van der Waals surface area (Å²) < 4.78 is 49.5. The van der Waals surface area contributed by atoms with E-state index in [1.165, 1.54) is 24.3 Å². The summed E-state index contributed by atoms with van der Waals surface area (Å²) in [5.74, 6) is -0.973. The molecule has 0 saturated carbocycles. The molecule has 3 aromatic carbocycles. The Morgan fingerprint density at radius 2 is 1.41 bits per heavy atom. The highest BCUT2D eigenvalue weighted by Gasteiger charge is 2.23. The van der Waals surface area contributed by atoms with Crippen molar-refractivity contribution in [2.75, 3.05) is 27.2 Å². The number of hydrogen-bond donors (Lipinski definition) is 2. The predicted octanol–water partition coefficient (Wildman–Crippen LogP) is 5.31. The third-order valence-corrected chi connectivity index (χ3v) is 5.20. The molecular formula is C22H18F3N3O. The maximum absolute atomic E-state index is 15.6. The van der Waals surface area contributed by atoms with E-state index >= 15 is 4.39 Å². The number of fused-ring (bicyclic) bond motifs is 6. The van der Waals surface area contributed by atoms with E-state index in [4.69, 9.17) is 4.74 Å². The van der Waals surface area contributed by atoms with E-state index in [1.54, 1.807) is 12.1 Å². The van der Waals surface area contributed by atoms with Gasteiger partial charge in [-0.2, -0.15) is 0 Å². The second-order valence-corrected chi connectivity index (χ2v) is 7.42. The zero-order chi connectivity index (χ0) is 20.3. The number of hydrogen-bond acceptors (Lipinski definition) is 2. The van der Waals surface area contributed by atoms with Crippen LogP contribution in [-0.4, -0.2) is 42.1 Å². The molecule has 2 aromatic heterocycles. The molecule has 0 unspecified atom stereocenters. The molecule has 0 aliphatic carbocycles. The third-order valence-electron chi connectivity index (χ3n) is 5.20. The Labute approximate surface area is 163 Å². The van der Waals surface area contributed by atoms with Gasteiger partial charge < -0.3 is 19.6 Å². The van der Waals surface area contributed by atoms with Crippen molar-refractivity contribution >= 4 is 43.6 Å². The molecule has 148 valence electrons. The van der Waals surface area contributed by atoms with Gasteiger partial charge in [0.25, 0.3) is 0 Å². The number of likely N-dealkylation sites (N-methyl/N-ethyl adjacent to an activating group) is 1. The molecule has 0 aliphatic rings. The molecule has 0 radical (unpaired) electrons. The standard InChI is InChI=1S/C22H18F3N3O/c1-28(2)7-8-29-22-18-14-10-12(24)4-6-16(14)26-20(18)19(25)17-13-9-11(23)3-5-15(13)27-21(17)22/h3-6,9-10,26-27H,7-8H2,1-2H3. The van der Waals surface area contributed by atoms with Crippen molar-refractivity contribution < 1.29 is 17.9 Å². The number of halogens is 3. The number of benzene rings is 3. The van der Waals surface area contributed by atoms with Crippen LogP contribution in [0, 0.1) is 17.5 Å². The SMILES string of the molecule is CN(C)CCOc1c2[nH]c3ccc(F)cc3c2c(F)c2[nH]c3ccc(F)cc3c12. The largest absolute Gasteiger partial charge is 0.489 e. The van der Waals surface area contributed by atoms with Crippen LogP contribution in [0.3, 0.4) is 0 Å². The van der Waals surface area contributed by atoms with Crippen molar-refractivity contribution in [2.45, 2.75) is 0 Å². The Kier molecular flexibility index (Phi) is 3.96. The first-order valence-electron chi connectivity index (χ1n) is 9.25. The van der Waals surface area contributed by atoms with E-state index in [0.29, 0.717) is 51.6 Å². The summed E-state index contributed by atoms with van der Waals surface area (Å²) in [4.78, 5) is 8.16. The summed E-state index contributed by atoms with van der Waals surface area (Å²) in [6, 6.07) is 8.44. The summed E-state index contributed by atoms with van der Waals surface area (Å²) in [6.45, 7) is 1.00. The van der Waals surface area contributed by atoms with Gasteiger partial charge in [0.05, 0.1) is 16.4 Å². The molecule has 2 N–H and O–H groups in total. The molecule has 5 rings (SSSR count). The van der Waals surface area contributed by atoms with E-state index in [2.05, 4.69) is 9.97 Å². The van der Waals surface area contributed by atoms with Crippen molar-refractivity contribution in [1.29, 1.82) is 0 Å². The molecule has 0 amide bonds. The van der Waals surface area contributed by atoms with Crippen LogP contribution in [0.25, 0.3) is 43.6 Å². The van der Waals surface area contributed by atoms with Crippen molar-refractivity contribution in [3.05, 3.63) is 53.8 Å². The maximum atomic E-state index is 15.6. The lowest BCUT2D eigenvalue weighted by Gasteiger charge is -2.13. The smallest absolute Gasteiger partial charge is 0.157 e. The molecule has 0 saturated heterocycles. The van der Waals surface area contributed by atoms with Gasteiger partial charge in [-0.3, -0.25) is 0 Å². The van der Waals surface area contributed by atoms with Gasteiger partial charge in [-0.15, -0.1) is 0 Å². The molecule has 0 bridgehead atoms. The average molecular weight is 397 g/mol. The van der Waals surface area contributed by atoms with Crippen LogP contribution in [0.4, 0.5) is 13.2 Å². The highest BCUT2D eigenvalue weighted by molar-refractivity contribution is 6.21. The Hall–Kier alpha value is -3.19. The quantitative estimate of drug-likeness (QED) is 0.431. The highest BCUT2D eigenvalue weighted by atomic mass is 19.1. The van der Waals surface area contributed by atoms with Crippen LogP contribution in [0.5, 0.6) is 5.75 Å². The number of aromatic nitrogens is 2. The van der Waals surface area contributed by atoms with Crippen LogP contribution in [0.15, 0.2) is 36.4 Å². The fourth-order valence-electron chi connectivity index (χ4n) is 3.85. The number of rotatable bonds is 4. The molecule has 0 atom stereocenters. The molecule has 0 spiro atoms. The minimum Gasteiger partial charge on any atom is -0.489 e. The van der Waals surface area contributed by atoms with Crippen molar-refractivity contribution in [2.24, 2.45) is 0 Å². The summed E-state index contributed by atoms with van der Waals surface area (Å²) in [6.07, 6.45) is 0. The molecular weight excluding hydrogens is 379 g/mol. The zero-order valence-electron chi connectivity index (χ0n) is 15.9. The Morgan fingerprint density at radius 1 is 0.828 bits per heavy atom. The van der Waals surface area contributed by atoms with Gasteiger partial charge in [0.1, 0.15) is 18.2 Å². The first-order valence-corrected chi connectivity index (χ1v) is 9.25. The second kappa shape index (κ2) is 6.42. The number of nitrogens with zero attached hydrogens (tertiary/aromatic N) is 1. The number of ether oxygens (including phenoxy) is 1. The fourth-order valence-corrected chi connectivity index (χ4v) is 3.85. The Bertz CT molecular complexity index is 1400. The maximum Gasteiger partial charge on any atom is 0.157 e. The molecule has 29 heavy (non-hydrogen) atoms. The summed E-state index contributed by atoms with van der Waals surface area (Å²) >= 11 is 0. The lowest BCUT2D eigenvalue weighted by atomic mass is 10.1. The van der Waals surface area contributed by atoms with Crippen LogP contribution in [0.2, 0.25) is 0 Å². The predicted molar refractivity (Wildman–Crippen MR) is 109 cm³/mol. The second-order valence-electron chi connectivity index (χ2n) is 7.42. The highest BCUT2D eigenvalue weighted by Crippen LogP contribution is 2.43. The van der Waals surface area contributed by atoms with E-state index < -0.39 is 17.5 Å². The zero-order valence-corrected chi connectivity index (χ0v) is 15.9. The molecule has 4 nitrogen and oxygen atoms in total. The van der Waals surface area contributed by atoms with Crippen molar-refractivity contribution in [3.63, 3.8) is 0 Å². The monoisotopic (exact) mass is 397 g/mol. The fraction of sp³-hybridized carbons (Fsp3) is 0.182. The van der Waals surface area contributed by atoms with Gasteiger partial charge in [-0.1, -0.05) is 0 Å². The van der Waals surface area contributed by atoms with E-state index in [1.807, 2.05) is 19.0 Å². The minimum absolute atomic E-state index is 0.211. The molecule has 5 aromatic rings. The van der Waals surface area contributed by atoms with Gasteiger partial charge in [0, 0.05) is 33.7 Å². The van der Waals surface area contributed by atoms with Crippen LogP contribution in [-0.2, 0) is 0 Å². The lowest BCUT2D eigenvalue weighted by molar-refractivity contribution is 0.265. The van der Waals surface area contributed by atoms with E-state index in [0.717, 1.165) is 0 Å². The van der Waals surface area contributed by atoms with Crippen LogP contribution in [0.1, 0.15) is 0 Å². The average Bonchev–Trinajstić information content (AvgIpc) is 3.23. The van der Waals surface area contributed by atoms with Crippen LogP contribution >= 0.6 is 0 Å². The molecule has 7 heteroatoms. The van der Waals surface area contributed by atoms with Gasteiger partial charge in [0.2, 0.25) is 0 Å². The van der Waals surface area contributed by atoms with Crippen molar-refractivity contribution in [1.82, 2.24) is 14.9 Å². The molecule has 2 heterocycles. The van der Waals surface area contributed by atoms with Gasteiger partial charge in [-0.05, 0) is 50.5 Å². The molecule has 0 fully saturated rings. The van der Waals surface area contributed by atoms with Gasteiger partial charge >= 0.3 is 0 Å². The third kappa shape index (κ3) is 2.73. The van der Waals surface area contributed by atoms with Crippen LogP contribution < -0.4 is 4.74 Å². The molecule has 0 aliphatic heterocycles. The normalized spacial score (nSPS) is 12.2. The Balaban J connectivity index is 1.92. The number of aromatic amines is 2. The van der Waals surface area contributed by atoms with Gasteiger partial charge in [-0.25, -0.2) is 13.2 Å². The first-order chi connectivity index (χ1) is 13.9. The van der Waals surface area contributed by atoms with Crippen molar-refractivity contribution in [3.8, 4) is 5.75 Å². The number of H-pyrrole nitrogens is 2.